The first-order valence-corrected chi connectivity index (χ1v) is 17.0. The maximum atomic E-state index is 12.0. The van der Waals surface area contributed by atoms with Crippen LogP contribution in [0.15, 0.2) is 110 Å². The summed E-state index contributed by atoms with van der Waals surface area (Å²) in [5.41, 5.74) is 8.27. The molecule has 6 rings (SSSR count). The van der Waals surface area contributed by atoms with Crippen LogP contribution in [0.2, 0.25) is 0 Å². The number of nitrogens with one attached hydrogen (secondary N) is 2. The summed E-state index contributed by atoms with van der Waals surface area (Å²) in [5.74, 6) is 0.0437. The van der Waals surface area contributed by atoms with E-state index in [4.69, 9.17) is 28.4 Å². The van der Waals surface area contributed by atoms with Gasteiger partial charge in [-0.15, -0.1) is 0 Å². The van der Waals surface area contributed by atoms with Crippen LogP contribution in [0, 0.1) is 0 Å². The Balaban J connectivity index is 0.00000336. The molecule has 0 radical (unpaired) electrons. The topological polar surface area (TPSA) is 148 Å². The zero-order chi connectivity index (χ0) is 37.2. The van der Waals surface area contributed by atoms with E-state index in [1.807, 2.05) is 24.3 Å². The van der Waals surface area contributed by atoms with Crippen molar-refractivity contribution in [1.82, 2.24) is 10.6 Å². The Morgan fingerprint density at radius 2 is 0.943 bits per heavy atom. The van der Waals surface area contributed by atoms with E-state index in [1.165, 1.54) is 22.3 Å². The number of esters is 2. The Hall–Kier alpha value is -6.56. The molecule has 276 valence electrons. The summed E-state index contributed by atoms with van der Waals surface area (Å²) >= 11 is 0. The lowest BCUT2D eigenvalue weighted by Crippen LogP contribution is -2.29. The molecule has 0 fully saturated rings. The van der Waals surface area contributed by atoms with Crippen LogP contribution in [-0.4, -0.2) is 76.9 Å². The van der Waals surface area contributed by atoms with Crippen LogP contribution in [-0.2, 0) is 34.0 Å². The van der Waals surface area contributed by atoms with Crippen molar-refractivity contribution in [3.8, 4) is 33.8 Å². The second-order valence-corrected chi connectivity index (χ2v) is 11.8. The van der Waals surface area contributed by atoms with Gasteiger partial charge in [0.1, 0.15) is 51.1 Å². The zero-order valence-corrected chi connectivity index (χ0v) is 28.9. The van der Waals surface area contributed by atoms with Crippen molar-refractivity contribution in [2.24, 2.45) is 0 Å². The van der Waals surface area contributed by atoms with Crippen molar-refractivity contribution in [3.05, 3.63) is 132 Å². The number of rotatable bonds is 16. The first kappa shape index (κ1) is 36.2. The van der Waals surface area contributed by atoms with Crippen LogP contribution in [0.25, 0.3) is 22.3 Å². The van der Waals surface area contributed by atoms with Crippen molar-refractivity contribution in [3.63, 3.8) is 0 Å². The van der Waals surface area contributed by atoms with Crippen molar-refractivity contribution in [2.45, 2.75) is 5.41 Å². The number of ether oxygens (including phenoxy) is 6. The molecule has 0 unspecified atom stereocenters. The van der Waals surface area contributed by atoms with Crippen LogP contribution < -0.4 is 20.1 Å². The van der Waals surface area contributed by atoms with Gasteiger partial charge >= 0.3 is 24.1 Å². The standard InChI is InChI=1S/C41H38N2O10.2H2/c1-3-37(44)50-19-17-42-39(46)52-23-21-48-27-13-15-35-31(25-27)32-26-28(49-22-24-53-40(47)43-18-20-51-38(45)4-2)14-16-36(32)41(35)33-11-7-5-9-29(33)30-10-6-8-12-34(30)41;;/h3-16,25-26H,1-2,17-24H2,(H,42,46)(H,43,47);2*1H. The molecule has 0 saturated heterocycles. The third-order valence-electron chi connectivity index (χ3n) is 8.77. The maximum Gasteiger partial charge on any atom is 0.407 e. The predicted octanol–water partition coefficient (Wildman–Crippen LogP) is 6.19. The van der Waals surface area contributed by atoms with Crippen molar-refractivity contribution in [2.75, 3.05) is 52.7 Å². The van der Waals surface area contributed by atoms with Gasteiger partial charge < -0.3 is 39.1 Å². The molecule has 2 amide bonds. The SMILES string of the molecule is C=CC(=O)OCCNC(=O)OCCOc1ccc2c(c1)-c1cc(OCCOC(=O)NCCOC(=O)C=C)ccc1C21c2ccccc2-c2ccccc21.[HH].[HH]. The molecule has 4 aromatic rings. The van der Waals surface area contributed by atoms with E-state index in [9.17, 15) is 19.2 Å². The lowest BCUT2D eigenvalue weighted by molar-refractivity contribution is -0.138. The van der Waals surface area contributed by atoms with Gasteiger partial charge in [-0.25, -0.2) is 19.2 Å². The molecule has 0 aliphatic heterocycles. The molecule has 2 aliphatic rings. The van der Waals surface area contributed by atoms with Gasteiger partial charge in [0.05, 0.1) is 18.5 Å². The number of carbonyl (C=O) groups is 4. The van der Waals surface area contributed by atoms with Gasteiger partial charge in [0, 0.05) is 15.0 Å². The Bertz CT molecular complexity index is 1910. The molecule has 0 atom stereocenters. The molecular formula is C41H42N2O10. The molecule has 0 aromatic heterocycles. The van der Waals surface area contributed by atoms with E-state index in [-0.39, 0.29) is 55.6 Å². The molecule has 0 saturated carbocycles. The highest BCUT2D eigenvalue weighted by Gasteiger charge is 2.51. The number of hydrogen-bond donors (Lipinski definition) is 2. The summed E-state index contributed by atoms with van der Waals surface area (Å²) in [5, 5.41) is 5.02. The Kier molecular flexibility index (Phi) is 11.4. The smallest absolute Gasteiger partial charge is 0.407 e. The predicted molar refractivity (Wildman–Crippen MR) is 199 cm³/mol. The maximum absolute atomic E-state index is 12.0. The third-order valence-corrected chi connectivity index (χ3v) is 8.77. The summed E-state index contributed by atoms with van der Waals surface area (Å²) in [6, 6.07) is 28.9. The van der Waals surface area contributed by atoms with Gasteiger partial charge in [-0.2, -0.15) is 0 Å². The summed E-state index contributed by atoms with van der Waals surface area (Å²) < 4.78 is 32.2. The Labute approximate surface area is 309 Å². The highest BCUT2D eigenvalue weighted by atomic mass is 16.6. The van der Waals surface area contributed by atoms with Crippen molar-refractivity contribution >= 4 is 24.1 Å². The van der Waals surface area contributed by atoms with E-state index in [2.05, 4.69) is 84.5 Å². The fourth-order valence-electron chi connectivity index (χ4n) is 6.70. The second kappa shape index (κ2) is 16.6. The highest BCUT2D eigenvalue weighted by Crippen LogP contribution is 2.63. The summed E-state index contributed by atoms with van der Waals surface area (Å²) in [6.45, 7) is 7.05. The number of alkyl carbamates (subject to hydrolysis) is 2. The van der Waals surface area contributed by atoms with Crippen LogP contribution in [0.3, 0.4) is 0 Å². The zero-order valence-electron chi connectivity index (χ0n) is 28.9. The first-order valence-electron chi connectivity index (χ1n) is 17.0. The van der Waals surface area contributed by atoms with Gasteiger partial charge in [-0.1, -0.05) is 73.8 Å². The molecule has 1 spiro atoms. The Morgan fingerprint density at radius 3 is 1.38 bits per heavy atom. The lowest BCUT2D eigenvalue weighted by Gasteiger charge is -2.30. The minimum Gasteiger partial charge on any atom is -0.490 e. The molecule has 2 aliphatic carbocycles. The minimum absolute atomic E-state index is 0. The monoisotopic (exact) mass is 722 g/mol. The number of carbonyl (C=O) groups excluding carboxylic acids is 4. The Morgan fingerprint density at radius 1 is 0.528 bits per heavy atom. The number of benzene rings is 4. The molecular weight excluding hydrogens is 680 g/mol. The lowest BCUT2D eigenvalue weighted by atomic mass is 9.70. The van der Waals surface area contributed by atoms with Gasteiger partial charge in [0.2, 0.25) is 0 Å². The number of hydrogen-bond acceptors (Lipinski definition) is 10. The van der Waals surface area contributed by atoms with Gasteiger partial charge in [-0.05, 0) is 68.8 Å². The molecule has 53 heavy (non-hydrogen) atoms. The quantitative estimate of drug-likeness (QED) is 0.0513. The van der Waals surface area contributed by atoms with E-state index in [0.717, 1.165) is 34.4 Å². The molecule has 12 nitrogen and oxygen atoms in total. The summed E-state index contributed by atoms with van der Waals surface area (Å²) in [6.07, 6.45) is 0.781. The molecule has 0 heterocycles. The average Bonchev–Trinajstić information content (AvgIpc) is 3.64. The average molecular weight is 723 g/mol. The van der Waals surface area contributed by atoms with Crippen molar-refractivity contribution < 1.29 is 50.5 Å². The minimum atomic E-state index is -0.656. The molecule has 4 aromatic carbocycles. The first-order chi connectivity index (χ1) is 25.9. The van der Waals surface area contributed by atoms with E-state index in [1.54, 1.807) is 0 Å². The fraction of sp³-hybridized carbons (Fsp3) is 0.220. The second-order valence-electron chi connectivity index (χ2n) is 11.8. The normalized spacial score (nSPS) is 12.2. The molecule has 12 heteroatoms. The van der Waals surface area contributed by atoms with E-state index < -0.39 is 29.5 Å². The molecule has 0 bridgehead atoms. The largest absolute Gasteiger partial charge is 0.490 e. The van der Waals surface area contributed by atoms with Crippen LogP contribution >= 0.6 is 0 Å². The number of amides is 2. The molecule has 2 N–H and O–H groups in total. The van der Waals surface area contributed by atoms with Gasteiger partial charge in [0.25, 0.3) is 0 Å². The van der Waals surface area contributed by atoms with E-state index >= 15 is 0 Å². The number of fused-ring (bicyclic) bond motifs is 10. The van der Waals surface area contributed by atoms with E-state index in [0.29, 0.717) is 11.5 Å². The fourth-order valence-corrected chi connectivity index (χ4v) is 6.70. The highest BCUT2D eigenvalue weighted by molar-refractivity contribution is 5.95. The van der Waals surface area contributed by atoms with Gasteiger partial charge in [0.15, 0.2) is 0 Å². The van der Waals surface area contributed by atoms with Crippen LogP contribution in [0.5, 0.6) is 11.5 Å². The van der Waals surface area contributed by atoms with Crippen LogP contribution in [0.1, 0.15) is 25.1 Å². The summed E-state index contributed by atoms with van der Waals surface area (Å²) in [7, 11) is 0. The third kappa shape index (κ3) is 7.71. The summed E-state index contributed by atoms with van der Waals surface area (Å²) in [4.78, 5) is 46.3. The van der Waals surface area contributed by atoms with Crippen molar-refractivity contribution in [1.29, 1.82) is 0 Å². The van der Waals surface area contributed by atoms with Crippen LogP contribution in [0.4, 0.5) is 9.59 Å². The van der Waals surface area contributed by atoms with Gasteiger partial charge in [-0.3, -0.25) is 0 Å².